The van der Waals surface area contributed by atoms with Crippen LogP contribution < -0.4 is 10.2 Å². The summed E-state index contributed by atoms with van der Waals surface area (Å²) in [4.78, 5) is 16.5. The number of carbonyl (C=O) groups excluding carboxylic acids is 1. The van der Waals surface area contributed by atoms with E-state index in [2.05, 4.69) is 12.2 Å². The highest BCUT2D eigenvalue weighted by Crippen LogP contribution is 2.25. The Morgan fingerprint density at radius 1 is 1.32 bits per heavy atom. The number of anilines is 1. The third-order valence-corrected chi connectivity index (χ3v) is 4.74. The van der Waals surface area contributed by atoms with E-state index in [1.54, 1.807) is 16.2 Å². The maximum atomic E-state index is 12.6. The molecule has 0 saturated carbocycles. The molecule has 5 heteroatoms. The largest absolute Gasteiger partial charge is 0.327 e. The first-order valence-electron chi connectivity index (χ1n) is 7.11. The van der Waals surface area contributed by atoms with Crippen molar-refractivity contribution < 1.29 is 4.79 Å². The van der Waals surface area contributed by atoms with E-state index >= 15 is 0 Å². The summed E-state index contributed by atoms with van der Waals surface area (Å²) < 4.78 is 0. The van der Waals surface area contributed by atoms with E-state index in [4.69, 9.17) is 12.2 Å². The van der Waals surface area contributed by atoms with Gasteiger partial charge in [-0.15, -0.1) is 11.3 Å². The van der Waals surface area contributed by atoms with Gasteiger partial charge in [0, 0.05) is 9.75 Å². The minimum Gasteiger partial charge on any atom is -0.327 e. The van der Waals surface area contributed by atoms with E-state index in [0.717, 1.165) is 17.0 Å². The lowest BCUT2D eigenvalue weighted by molar-refractivity contribution is -0.113. The number of hydrogen-bond donors (Lipinski definition) is 1. The lowest BCUT2D eigenvalue weighted by atomic mass is 10.1. The van der Waals surface area contributed by atoms with Gasteiger partial charge >= 0.3 is 0 Å². The zero-order valence-corrected chi connectivity index (χ0v) is 14.1. The third kappa shape index (κ3) is 2.82. The fourth-order valence-electron chi connectivity index (χ4n) is 2.36. The number of thiophene rings is 1. The molecule has 0 spiro atoms. The molecule has 2 aromatic rings. The van der Waals surface area contributed by atoms with Crippen LogP contribution in [0.5, 0.6) is 0 Å². The molecule has 1 N–H and O–H groups in total. The van der Waals surface area contributed by atoms with E-state index < -0.39 is 0 Å². The molecule has 0 bridgehead atoms. The molecule has 1 aromatic heterocycles. The third-order valence-electron chi connectivity index (χ3n) is 3.50. The lowest BCUT2D eigenvalue weighted by Crippen LogP contribution is -2.30. The van der Waals surface area contributed by atoms with Crippen molar-refractivity contribution in [2.75, 3.05) is 4.90 Å². The van der Waals surface area contributed by atoms with E-state index in [9.17, 15) is 4.79 Å². The molecule has 0 radical (unpaired) electrons. The first-order valence-corrected chi connectivity index (χ1v) is 8.33. The van der Waals surface area contributed by atoms with Crippen LogP contribution in [0, 0.1) is 6.92 Å². The van der Waals surface area contributed by atoms with Crippen molar-refractivity contribution in [2.45, 2.75) is 20.3 Å². The Balaban J connectivity index is 1.92. The van der Waals surface area contributed by atoms with Gasteiger partial charge in [-0.1, -0.05) is 19.1 Å². The molecule has 1 fully saturated rings. The summed E-state index contributed by atoms with van der Waals surface area (Å²) >= 11 is 6.98. The first-order chi connectivity index (χ1) is 10.6. The summed E-state index contributed by atoms with van der Waals surface area (Å²) in [5.41, 5.74) is 2.51. The Kier molecular flexibility index (Phi) is 4.09. The zero-order chi connectivity index (χ0) is 15.7. The SMILES string of the molecule is CCc1cccc(N2C(=O)/C(=C\c3ccc(C)s3)NC2=S)c1. The summed E-state index contributed by atoms with van der Waals surface area (Å²) in [7, 11) is 0. The minimum atomic E-state index is -0.107. The van der Waals surface area contributed by atoms with Crippen molar-refractivity contribution in [3.63, 3.8) is 0 Å². The van der Waals surface area contributed by atoms with Gasteiger partial charge in [-0.05, 0) is 61.5 Å². The molecular weight excluding hydrogens is 312 g/mol. The van der Waals surface area contributed by atoms with Crippen LogP contribution in [0.25, 0.3) is 6.08 Å². The molecule has 1 aromatic carbocycles. The van der Waals surface area contributed by atoms with Crippen LogP contribution in [0.15, 0.2) is 42.1 Å². The van der Waals surface area contributed by atoms with Crippen LogP contribution in [-0.2, 0) is 11.2 Å². The monoisotopic (exact) mass is 328 g/mol. The van der Waals surface area contributed by atoms with Crippen LogP contribution in [0.3, 0.4) is 0 Å². The van der Waals surface area contributed by atoms with Crippen molar-refractivity contribution in [1.82, 2.24) is 5.32 Å². The Hall–Kier alpha value is -1.98. The molecule has 22 heavy (non-hydrogen) atoms. The van der Waals surface area contributed by atoms with Gasteiger partial charge in [0.05, 0.1) is 5.69 Å². The second-order valence-corrected chi connectivity index (χ2v) is 6.81. The standard InChI is InChI=1S/C17H16N2OS2/c1-3-12-5-4-6-13(9-12)19-16(20)15(18-17(19)21)10-14-8-7-11(2)22-14/h4-10H,3H2,1-2H3,(H,18,21)/b15-10+. The van der Waals surface area contributed by atoms with Crippen molar-refractivity contribution in [2.24, 2.45) is 0 Å². The highest BCUT2D eigenvalue weighted by molar-refractivity contribution is 7.80. The molecule has 3 nitrogen and oxygen atoms in total. The van der Waals surface area contributed by atoms with Crippen molar-refractivity contribution in [3.8, 4) is 0 Å². The Morgan fingerprint density at radius 2 is 2.14 bits per heavy atom. The van der Waals surface area contributed by atoms with E-state index in [0.29, 0.717) is 10.8 Å². The summed E-state index contributed by atoms with van der Waals surface area (Å²) in [6, 6.07) is 12.0. The van der Waals surface area contributed by atoms with Crippen LogP contribution >= 0.6 is 23.6 Å². The van der Waals surface area contributed by atoms with Gasteiger partial charge in [-0.3, -0.25) is 9.69 Å². The number of nitrogens with one attached hydrogen (secondary N) is 1. The number of thiocarbonyl (C=S) groups is 1. The normalized spacial score (nSPS) is 16.5. The number of nitrogens with zero attached hydrogens (tertiary/aromatic N) is 1. The van der Waals surface area contributed by atoms with Crippen LogP contribution in [0.4, 0.5) is 5.69 Å². The molecule has 0 atom stereocenters. The smallest absolute Gasteiger partial charge is 0.281 e. The number of benzene rings is 1. The molecule has 1 saturated heterocycles. The molecule has 1 aliphatic rings. The van der Waals surface area contributed by atoms with Crippen LogP contribution in [-0.4, -0.2) is 11.0 Å². The Morgan fingerprint density at radius 3 is 2.82 bits per heavy atom. The summed E-state index contributed by atoms with van der Waals surface area (Å²) in [6.45, 7) is 4.13. The number of amides is 1. The predicted octanol–water partition coefficient (Wildman–Crippen LogP) is 3.88. The second-order valence-electron chi connectivity index (χ2n) is 5.10. The van der Waals surface area contributed by atoms with E-state index in [-0.39, 0.29) is 5.91 Å². The average Bonchev–Trinajstić information content (AvgIpc) is 3.03. The van der Waals surface area contributed by atoms with Crippen molar-refractivity contribution in [1.29, 1.82) is 0 Å². The van der Waals surface area contributed by atoms with Gasteiger partial charge in [0.25, 0.3) is 5.91 Å². The molecule has 2 heterocycles. The fourth-order valence-corrected chi connectivity index (χ4v) is 3.48. The molecule has 0 unspecified atom stereocenters. The topological polar surface area (TPSA) is 32.3 Å². The highest BCUT2D eigenvalue weighted by atomic mass is 32.1. The van der Waals surface area contributed by atoms with Gasteiger partial charge in [-0.25, -0.2) is 0 Å². The molecule has 1 amide bonds. The van der Waals surface area contributed by atoms with Crippen LogP contribution in [0.1, 0.15) is 22.2 Å². The molecule has 112 valence electrons. The van der Waals surface area contributed by atoms with Crippen molar-refractivity contribution >= 4 is 46.3 Å². The lowest BCUT2D eigenvalue weighted by Gasteiger charge is -2.14. The van der Waals surface area contributed by atoms with Gasteiger partial charge in [-0.2, -0.15) is 0 Å². The molecular formula is C17H16N2OS2. The summed E-state index contributed by atoms with van der Waals surface area (Å²) in [5, 5.41) is 3.45. The maximum Gasteiger partial charge on any atom is 0.281 e. The molecule has 3 rings (SSSR count). The van der Waals surface area contributed by atoms with Gasteiger partial charge < -0.3 is 5.32 Å². The van der Waals surface area contributed by atoms with Gasteiger partial charge in [0.1, 0.15) is 5.70 Å². The minimum absolute atomic E-state index is 0.107. The van der Waals surface area contributed by atoms with Crippen molar-refractivity contribution in [3.05, 3.63) is 57.4 Å². The summed E-state index contributed by atoms with van der Waals surface area (Å²) in [6.07, 6.45) is 2.78. The Labute approximate surface area is 139 Å². The number of carbonyl (C=O) groups is 1. The molecule has 1 aliphatic heterocycles. The van der Waals surface area contributed by atoms with Gasteiger partial charge in [0.2, 0.25) is 0 Å². The first kappa shape index (κ1) is 14.9. The molecule has 0 aliphatic carbocycles. The second kappa shape index (κ2) is 6.02. The number of rotatable bonds is 3. The quantitative estimate of drug-likeness (QED) is 0.685. The fraction of sp³-hybridized carbons (Fsp3) is 0.176. The summed E-state index contributed by atoms with van der Waals surface area (Å²) in [5.74, 6) is -0.107. The average molecular weight is 328 g/mol. The predicted molar refractivity (Wildman–Crippen MR) is 96.1 cm³/mol. The zero-order valence-electron chi connectivity index (χ0n) is 12.4. The maximum absolute atomic E-state index is 12.6. The number of aryl methyl sites for hydroxylation is 2. The van der Waals surface area contributed by atoms with E-state index in [1.807, 2.05) is 49.4 Å². The van der Waals surface area contributed by atoms with E-state index in [1.165, 1.54) is 10.4 Å². The Bertz CT molecular complexity index is 776. The number of hydrogen-bond acceptors (Lipinski definition) is 3. The highest BCUT2D eigenvalue weighted by Gasteiger charge is 2.32. The van der Waals surface area contributed by atoms with Gasteiger partial charge in [0.15, 0.2) is 5.11 Å². The van der Waals surface area contributed by atoms with Crippen LogP contribution in [0.2, 0.25) is 0 Å².